The Hall–Kier alpha value is -1.45. The van der Waals surface area contributed by atoms with Gasteiger partial charge in [0, 0.05) is 25.2 Å². The first-order valence-corrected chi connectivity index (χ1v) is 12.4. The number of nitrogens with zero attached hydrogens (tertiary/aromatic N) is 1. The standard InChI is InChI=1S/C19H29N3O4S2/c23-18(19(24)21-15-7-2-1-3-8-15)20-12-11-16-9-4-5-13-22(16)28(25,26)17-10-6-14-27-17/h6,10,14-16H,1-5,7-9,11-13H2,(H,20,23)(H,21,24)/t16-/m0/s1. The first kappa shape index (κ1) is 21.3. The molecule has 3 rings (SSSR count). The average molecular weight is 428 g/mol. The van der Waals surface area contributed by atoms with E-state index in [9.17, 15) is 18.0 Å². The third kappa shape index (κ3) is 5.33. The number of carbonyl (C=O) groups excluding carboxylic acids is 2. The predicted octanol–water partition coefficient (Wildman–Crippen LogP) is 2.25. The molecule has 28 heavy (non-hydrogen) atoms. The van der Waals surface area contributed by atoms with E-state index in [1.54, 1.807) is 21.8 Å². The van der Waals surface area contributed by atoms with Gasteiger partial charge >= 0.3 is 11.8 Å². The molecule has 1 saturated heterocycles. The van der Waals surface area contributed by atoms with Crippen molar-refractivity contribution in [2.24, 2.45) is 0 Å². The zero-order chi connectivity index (χ0) is 20.0. The maximum Gasteiger partial charge on any atom is 0.309 e. The maximum absolute atomic E-state index is 12.9. The van der Waals surface area contributed by atoms with Gasteiger partial charge in [-0.25, -0.2) is 8.42 Å². The summed E-state index contributed by atoms with van der Waals surface area (Å²) in [5.41, 5.74) is 0. The number of hydrogen-bond donors (Lipinski definition) is 2. The lowest BCUT2D eigenvalue weighted by atomic mass is 9.95. The van der Waals surface area contributed by atoms with Crippen molar-refractivity contribution in [1.29, 1.82) is 0 Å². The molecule has 0 spiro atoms. The van der Waals surface area contributed by atoms with Crippen LogP contribution >= 0.6 is 11.3 Å². The number of rotatable bonds is 6. The van der Waals surface area contributed by atoms with Crippen molar-refractivity contribution in [3.8, 4) is 0 Å². The Morgan fingerprint density at radius 2 is 1.82 bits per heavy atom. The summed E-state index contributed by atoms with van der Waals surface area (Å²) < 4.78 is 27.7. The van der Waals surface area contributed by atoms with Gasteiger partial charge in [-0.3, -0.25) is 9.59 Å². The molecule has 1 saturated carbocycles. The molecular formula is C19H29N3O4S2. The summed E-state index contributed by atoms with van der Waals surface area (Å²) in [7, 11) is -3.49. The number of piperidine rings is 1. The summed E-state index contributed by atoms with van der Waals surface area (Å²) in [6.45, 7) is 0.791. The van der Waals surface area contributed by atoms with Gasteiger partial charge in [-0.2, -0.15) is 4.31 Å². The van der Waals surface area contributed by atoms with Crippen molar-refractivity contribution in [2.75, 3.05) is 13.1 Å². The molecule has 0 radical (unpaired) electrons. The Kier molecular flexibility index (Phi) is 7.48. The summed E-state index contributed by atoms with van der Waals surface area (Å²) in [5, 5.41) is 7.22. The highest BCUT2D eigenvalue weighted by atomic mass is 32.2. The first-order chi connectivity index (χ1) is 13.5. The fraction of sp³-hybridized carbons (Fsp3) is 0.684. The second-order valence-corrected chi connectivity index (χ2v) is 10.6. The van der Waals surface area contributed by atoms with Crippen LogP contribution in [0.15, 0.2) is 21.7 Å². The molecule has 156 valence electrons. The molecule has 1 aromatic rings. The minimum atomic E-state index is -3.49. The van der Waals surface area contributed by atoms with Crippen molar-refractivity contribution in [2.45, 2.75) is 74.1 Å². The van der Waals surface area contributed by atoms with E-state index < -0.39 is 21.8 Å². The Labute approximate surface area is 170 Å². The van der Waals surface area contributed by atoms with E-state index in [2.05, 4.69) is 10.6 Å². The highest BCUT2D eigenvalue weighted by Crippen LogP contribution is 2.29. The zero-order valence-corrected chi connectivity index (χ0v) is 17.7. The summed E-state index contributed by atoms with van der Waals surface area (Å²) in [6.07, 6.45) is 8.31. The molecule has 1 aromatic heterocycles. The van der Waals surface area contributed by atoms with Gasteiger partial charge in [0.25, 0.3) is 10.0 Å². The number of thiophene rings is 1. The molecule has 2 fully saturated rings. The molecular weight excluding hydrogens is 398 g/mol. The third-order valence-corrected chi connectivity index (χ3v) is 8.87. The van der Waals surface area contributed by atoms with Crippen LogP contribution in [0.25, 0.3) is 0 Å². The number of nitrogens with one attached hydrogen (secondary N) is 2. The Morgan fingerprint density at radius 1 is 1.07 bits per heavy atom. The molecule has 1 aliphatic heterocycles. The first-order valence-electron chi connectivity index (χ1n) is 10.1. The second kappa shape index (κ2) is 9.84. The van der Waals surface area contributed by atoms with Gasteiger partial charge in [-0.05, 0) is 43.6 Å². The summed E-state index contributed by atoms with van der Waals surface area (Å²) in [5.74, 6) is -1.22. The lowest BCUT2D eigenvalue weighted by Crippen LogP contribution is -2.47. The smallest absolute Gasteiger partial charge is 0.309 e. The molecule has 1 atom stereocenters. The van der Waals surface area contributed by atoms with Gasteiger partial charge in [-0.15, -0.1) is 11.3 Å². The van der Waals surface area contributed by atoms with Crippen molar-refractivity contribution in [3.63, 3.8) is 0 Å². The van der Waals surface area contributed by atoms with Gasteiger partial charge in [0.1, 0.15) is 4.21 Å². The van der Waals surface area contributed by atoms with Crippen LogP contribution in [0.3, 0.4) is 0 Å². The Bertz CT molecular complexity index is 758. The van der Waals surface area contributed by atoms with E-state index in [1.165, 1.54) is 17.8 Å². The van der Waals surface area contributed by atoms with E-state index in [0.29, 0.717) is 17.2 Å². The maximum atomic E-state index is 12.9. The van der Waals surface area contributed by atoms with Gasteiger partial charge in [0.2, 0.25) is 0 Å². The normalized spacial score (nSPS) is 21.9. The van der Waals surface area contributed by atoms with E-state index in [1.807, 2.05) is 0 Å². The molecule has 0 unspecified atom stereocenters. The van der Waals surface area contributed by atoms with Crippen LogP contribution in [0, 0.1) is 0 Å². The second-order valence-electron chi connectivity index (χ2n) is 7.55. The van der Waals surface area contributed by atoms with Crippen molar-refractivity contribution in [3.05, 3.63) is 17.5 Å². The minimum absolute atomic E-state index is 0.0942. The van der Waals surface area contributed by atoms with Crippen molar-refractivity contribution in [1.82, 2.24) is 14.9 Å². The molecule has 2 aliphatic rings. The molecule has 9 heteroatoms. The van der Waals surface area contributed by atoms with Gasteiger partial charge in [0.05, 0.1) is 0 Å². The summed E-state index contributed by atoms with van der Waals surface area (Å²) in [6, 6.07) is 3.31. The number of hydrogen-bond acceptors (Lipinski definition) is 5. The quantitative estimate of drug-likeness (QED) is 0.681. The Morgan fingerprint density at radius 3 is 2.54 bits per heavy atom. The van der Waals surface area contributed by atoms with Crippen molar-refractivity contribution >= 4 is 33.2 Å². The fourth-order valence-corrected chi connectivity index (χ4v) is 6.88. The Balaban J connectivity index is 1.49. The molecule has 2 N–H and O–H groups in total. The largest absolute Gasteiger partial charge is 0.348 e. The molecule has 7 nitrogen and oxygen atoms in total. The van der Waals surface area contributed by atoms with Crippen LogP contribution in [0.2, 0.25) is 0 Å². The average Bonchev–Trinajstić information content (AvgIpc) is 3.25. The lowest BCUT2D eigenvalue weighted by Gasteiger charge is -2.34. The monoisotopic (exact) mass is 427 g/mol. The lowest BCUT2D eigenvalue weighted by molar-refractivity contribution is -0.139. The van der Waals surface area contributed by atoms with Gasteiger partial charge in [0.15, 0.2) is 0 Å². The van der Waals surface area contributed by atoms with Crippen LogP contribution in [0.1, 0.15) is 57.8 Å². The van der Waals surface area contributed by atoms with E-state index in [0.717, 1.165) is 44.9 Å². The molecule has 2 heterocycles. The summed E-state index contributed by atoms with van der Waals surface area (Å²) in [4.78, 5) is 24.1. The van der Waals surface area contributed by atoms with Crippen LogP contribution in [-0.2, 0) is 19.6 Å². The van der Waals surface area contributed by atoms with Gasteiger partial charge < -0.3 is 10.6 Å². The SMILES string of the molecule is O=C(NCC[C@@H]1CCCCN1S(=O)(=O)c1cccs1)C(=O)NC1CCCCC1. The third-order valence-electron chi connectivity index (χ3n) is 5.54. The van der Waals surface area contributed by atoms with Crippen LogP contribution in [0.4, 0.5) is 0 Å². The van der Waals surface area contributed by atoms with Gasteiger partial charge in [-0.1, -0.05) is 31.7 Å². The zero-order valence-electron chi connectivity index (χ0n) is 16.1. The molecule has 0 bridgehead atoms. The summed E-state index contributed by atoms with van der Waals surface area (Å²) >= 11 is 1.22. The molecule has 1 aliphatic carbocycles. The number of carbonyl (C=O) groups is 2. The van der Waals surface area contributed by atoms with Crippen molar-refractivity contribution < 1.29 is 18.0 Å². The van der Waals surface area contributed by atoms with Crippen LogP contribution in [-0.4, -0.2) is 49.7 Å². The minimum Gasteiger partial charge on any atom is -0.348 e. The topological polar surface area (TPSA) is 95.6 Å². The van der Waals surface area contributed by atoms with Crippen LogP contribution < -0.4 is 10.6 Å². The van der Waals surface area contributed by atoms with E-state index >= 15 is 0 Å². The van der Waals surface area contributed by atoms with E-state index in [-0.39, 0.29) is 18.6 Å². The highest BCUT2D eigenvalue weighted by molar-refractivity contribution is 7.91. The predicted molar refractivity (Wildman–Crippen MR) is 108 cm³/mol. The van der Waals surface area contributed by atoms with E-state index in [4.69, 9.17) is 0 Å². The highest BCUT2D eigenvalue weighted by Gasteiger charge is 2.34. The molecule has 0 aromatic carbocycles. The molecule has 2 amide bonds. The fourth-order valence-electron chi connectivity index (χ4n) is 4.04. The van der Waals surface area contributed by atoms with Crippen LogP contribution in [0.5, 0.6) is 0 Å². The number of amides is 2. The number of sulfonamides is 1.